The number of piperidine rings is 1. The Kier molecular flexibility index (Phi) is 5.39. The second-order valence-electron chi connectivity index (χ2n) is 7.49. The van der Waals surface area contributed by atoms with Crippen molar-refractivity contribution in [3.63, 3.8) is 0 Å². The van der Waals surface area contributed by atoms with Gasteiger partial charge in [-0.1, -0.05) is 10.3 Å². The molecule has 1 amide bonds. The van der Waals surface area contributed by atoms with Gasteiger partial charge in [-0.3, -0.25) is 9.69 Å². The average Bonchev–Trinajstić information content (AvgIpc) is 3.30. The smallest absolute Gasteiger partial charge is 0.239 e. The highest BCUT2D eigenvalue weighted by atomic mass is 16.5. The first-order valence-corrected chi connectivity index (χ1v) is 9.70. The normalized spacial score (nSPS) is 17.4. The highest BCUT2D eigenvalue weighted by Crippen LogP contribution is 2.33. The molecular formula is C20H24N6O3. The van der Waals surface area contributed by atoms with E-state index in [-0.39, 0.29) is 11.8 Å². The third-order valence-electron chi connectivity index (χ3n) is 4.99. The van der Waals surface area contributed by atoms with Crippen LogP contribution in [0.4, 0.5) is 5.82 Å². The Bertz CT molecular complexity index is 1010. The molecule has 0 radical (unpaired) electrons. The summed E-state index contributed by atoms with van der Waals surface area (Å²) >= 11 is 0. The summed E-state index contributed by atoms with van der Waals surface area (Å²) in [5.74, 6) is 2.57. The minimum atomic E-state index is -0.107. The van der Waals surface area contributed by atoms with Crippen molar-refractivity contribution >= 4 is 11.7 Å². The molecule has 1 N–H and O–H groups in total. The number of amides is 1. The Balaban J connectivity index is 1.48. The Morgan fingerprint density at radius 2 is 2.10 bits per heavy atom. The Morgan fingerprint density at radius 1 is 1.24 bits per heavy atom. The van der Waals surface area contributed by atoms with Crippen LogP contribution < -0.4 is 5.32 Å². The summed E-state index contributed by atoms with van der Waals surface area (Å²) < 4.78 is 10.4. The number of hydrogen-bond donors (Lipinski definition) is 1. The Labute approximate surface area is 168 Å². The number of aryl methyl sites for hydroxylation is 3. The van der Waals surface area contributed by atoms with E-state index in [2.05, 4.69) is 25.5 Å². The molecule has 9 heteroatoms. The standard InChI is InChI=1S/C20H24N6O3/c1-12-7-17(29-24-12)16-9-21-14(3)22-20(16)15-5-4-6-26(10-15)11-19(27)23-18-8-13(2)28-25-18/h7-9,15H,4-6,10-11H2,1-3H3,(H,23,25,27)/t15-/m1/s1. The fourth-order valence-corrected chi connectivity index (χ4v) is 3.71. The fraction of sp³-hybridized carbons (Fsp3) is 0.450. The first-order valence-electron chi connectivity index (χ1n) is 9.70. The Hall–Kier alpha value is -3.07. The van der Waals surface area contributed by atoms with E-state index in [1.807, 2.05) is 19.9 Å². The van der Waals surface area contributed by atoms with Crippen LogP contribution in [0.5, 0.6) is 0 Å². The second kappa shape index (κ2) is 8.12. The lowest BCUT2D eigenvalue weighted by molar-refractivity contribution is -0.117. The molecule has 3 aromatic rings. The van der Waals surface area contributed by atoms with E-state index in [1.165, 1.54) is 0 Å². The highest BCUT2D eigenvalue weighted by Gasteiger charge is 2.27. The van der Waals surface area contributed by atoms with Crippen molar-refractivity contribution in [2.24, 2.45) is 0 Å². The molecule has 1 saturated heterocycles. The van der Waals surface area contributed by atoms with Crippen molar-refractivity contribution in [1.29, 1.82) is 0 Å². The van der Waals surface area contributed by atoms with Crippen LogP contribution in [0, 0.1) is 20.8 Å². The van der Waals surface area contributed by atoms with E-state index in [4.69, 9.17) is 14.0 Å². The zero-order chi connectivity index (χ0) is 20.4. The number of nitrogens with zero attached hydrogens (tertiary/aromatic N) is 5. The first-order chi connectivity index (χ1) is 14.0. The predicted molar refractivity (Wildman–Crippen MR) is 105 cm³/mol. The number of hydrogen-bond acceptors (Lipinski definition) is 8. The second-order valence-corrected chi connectivity index (χ2v) is 7.49. The number of anilines is 1. The van der Waals surface area contributed by atoms with Gasteiger partial charge < -0.3 is 14.4 Å². The molecule has 0 saturated carbocycles. The summed E-state index contributed by atoms with van der Waals surface area (Å²) in [6.45, 7) is 7.45. The van der Waals surface area contributed by atoms with Gasteiger partial charge in [0.1, 0.15) is 11.6 Å². The van der Waals surface area contributed by atoms with Crippen LogP contribution in [0.1, 0.15) is 41.7 Å². The third-order valence-corrected chi connectivity index (χ3v) is 4.99. The van der Waals surface area contributed by atoms with Crippen LogP contribution in [0.3, 0.4) is 0 Å². The molecule has 0 spiro atoms. The van der Waals surface area contributed by atoms with Crippen molar-refractivity contribution < 1.29 is 13.8 Å². The summed E-state index contributed by atoms with van der Waals surface area (Å²) in [7, 11) is 0. The molecule has 0 aliphatic carbocycles. The number of carbonyl (C=O) groups excluding carboxylic acids is 1. The van der Waals surface area contributed by atoms with Gasteiger partial charge in [0.15, 0.2) is 11.6 Å². The molecule has 0 unspecified atom stereocenters. The van der Waals surface area contributed by atoms with Crippen molar-refractivity contribution in [2.75, 3.05) is 25.0 Å². The van der Waals surface area contributed by atoms with Crippen LogP contribution in [0.15, 0.2) is 27.4 Å². The number of rotatable bonds is 5. The number of aromatic nitrogens is 4. The topological polar surface area (TPSA) is 110 Å². The van der Waals surface area contributed by atoms with Gasteiger partial charge in [-0.15, -0.1) is 0 Å². The van der Waals surface area contributed by atoms with Crippen LogP contribution in [0.25, 0.3) is 11.3 Å². The molecule has 0 aromatic carbocycles. The molecule has 1 aliphatic rings. The van der Waals surface area contributed by atoms with Gasteiger partial charge in [0, 0.05) is 30.8 Å². The van der Waals surface area contributed by atoms with Crippen molar-refractivity contribution in [2.45, 2.75) is 39.5 Å². The minimum absolute atomic E-state index is 0.107. The molecule has 0 bridgehead atoms. The van der Waals surface area contributed by atoms with Gasteiger partial charge in [0.2, 0.25) is 5.91 Å². The first kappa shape index (κ1) is 19.3. The average molecular weight is 396 g/mol. The molecule has 4 heterocycles. The van der Waals surface area contributed by atoms with Crippen molar-refractivity contribution in [3.8, 4) is 11.3 Å². The lowest BCUT2D eigenvalue weighted by Gasteiger charge is -2.32. The van der Waals surface area contributed by atoms with E-state index in [0.717, 1.165) is 48.7 Å². The van der Waals surface area contributed by atoms with E-state index >= 15 is 0 Å². The zero-order valence-corrected chi connectivity index (χ0v) is 16.8. The van der Waals surface area contributed by atoms with Gasteiger partial charge in [-0.25, -0.2) is 9.97 Å². The van der Waals surface area contributed by atoms with Gasteiger partial charge >= 0.3 is 0 Å². The maximum Gasteiger partial charge on any atom is 0.239 e. The summed E-state index contributed by atoms with van der Waals surface area (Å²) in [4.78, 5) is 23.6. The fourth-order valence-electron chi connectivity index (χ4n) is 3.71. The van der Waals surface area contributed by atoms with Crippen LogP contribution in [-0.2, 0) is 4.79 Å². The lowest BCUT2D eigenvalue weighted by atomic mass is 9.91. The lowest BCUT2D eigenvalue weighted by Crippen LogP contribution is -2.40. The number of carbonyl (C=O) groups is 1. The van der Waals surface area contributed by atoms with E-state index < -0.39 is 0 Å². The van der Waals surface area contributed by atoms with Crippen LogP contribution >= 0.6 is 0 Å². The van der Waals surface area contributed by atoms with Crippen LogP contribution in [-0.4, -0.2) is 50.7 Å². The predicted octanol–water partition coefficient (Wildman–Crippen LogP) is 2.86. The molecule has 152 valence electrons. The maximum atomic E-state index is 12.4. The van der Waals surface area contributed by atoms with E-state index in [9.17, 15) is 4.79 Å². The number of nitrogens with one attached hydrogen (secondary N) is 1. The zero-order valence-electron chi connectivity index (χ0n) is 16.8. The van der Waals surface area contributed by atoms with Gasteiger partial charge in [0.25, 0.3) is 0 Å². The summed E-state index contributed by atoms with van der Waals surface area (Å²) in [5.41, 5.74) is 2.63. The highest BCUT2D eigenvalue weighted by molar-refractivity contribution is 5.91. The summed E-state index contributed by atoms with van der Waals surface area (Å²) in [6.07, 6.45) is 3.78. The molecule has 1 aliphatic heterocycles. The van der Waals surface area contributed by atoms with Crippen molar-refractivity contribution in [3.05, 3.63) is 41.3 Å². The summed E-state index contributed by atoms with van der Waals surface area (Å²) in [6, 6.07) is 3.59. The Morgan fingerprint density at radius 3 is 2.83 bits per heavy atom. The molecule has 1 atom stereocenters. The summed E-state index contributed by atoms with van der Waals surface area (Å²) in [5, 5.41) is 10.6. The molecule has 1 fully saturated rings. The molecule has 3 aromatic heterocycles. The molecule has 9 nitrogen and oxygen atoms in total. The monoisotopic (exact) mass is 396 g/mol. The molecule has 4 rings (SSSR count). The van der Waals surface area contributed by atoms with Gasteiger partial charge in [-0.2, -0.15) is 0 Å². The van der Waals surface area contributed by atoms with E-state index in [1.54, 1.807) is 19.2 Å². The SMILES string of the molecule is Cc1cc(-c2cnc(C)nc2[C@@H]2CCCN(CC(=O)Nc3cc(C)on3)C2)on1. The third kappa shape index (κ3) is 4.51. The van der Waals surface area contributed by atoms with Crippen molar-refractivity contribution in [1.82, 2.24) is 25.2 Å². The van der Waals surface area contributed by atoms with Gasteiger partial charge in [0.05, 0.1) is 23.5 Å². The maximum absolute atomic E-state index is 12.4. The molecular weight excluding hydrogens is 372 g/mol. The minimum Gasteiger partial charge on any atom is -0.360 e. The van der Waals surface area contributed by atoms with Crippen LogP contribution in [0.2, 0.25) is 0 Å². The number of likely N-dealkylation sites (tertiary alicyclic amines) is 1. The van der Waals surface area contributed by atoms with Gasteiger partial charge in [-0.05, 0) is 40.2 Å². The quantitative estimate of drug-likeness (QED) is 0.701. The van der Waals surface area contributed by atoms with E-state index in [0.29, 0.717) is 23.9 Å². The molecule has 29 heavy (non-hydrogen) atoms. The largest absolute Gasteiger partial charge is 0.360 e.